The number of nitrogens with one attached hydrogen (secondary N) is 1. The maximum absolute atomic E-state index is 9.99. The number of rotatable bonds is 5. The highest BCUT2D eigenvalue weighted by Crippen LogP contribution is 2.40. The maximum Gasteiger partial charge on any atom is 0.137 e. The molecule has 0 amide bonds. The van der Waals surface area contributed by atoms with Gasteiger partial charge in [-0.05, 0) is 39.0 Å². The minimum Gasteiger partial charge on any atom is -0.393 e. The van der Waals surface area contributed by atoms with Gasteiger partial charge in [0.1, 0.15) is 18.0 Å². The summed E-state index contributed by atoms with van der Waals surface area (Å²) in [5.74, 6) is 2.08. The van der Waals surface area contributed by atoms with Crippen LogP contribution in [-0.4, -0.2) is 39.8 Å². The second-order valence-electron chi connectivity index (χ2n) is 6.22. The van der Waals surface area contributed by atoms with Gasteiger partial charge in [-0.15, -0.1) is 0 Å². The van der Waals surface area contributed by atoms with Crippen molar-refractivity contribution in [3.8, 4) is 0 Å². The lowest BCUT2D eigenvalue weighted by Crippen LogP contribution is -2.45. The van der Waals surface area contributed by atoms with Crippen LogP contribution in [0.5, 0.6) is 0 Å². The Morgan fingerprint density at radius 3 is 2.57 bits per heavy atom. The van der Waals surface area contributed by atoms with Crippen molar-refractivity contribution < 1.29 is 5.11 Å². The number of fused-ring (bicyclic) bond motifs is 2. The Morgan fingerprint density at radius 1 is 1.24 bits per heavy atom. The maximum atomic E-state index is 9.99. The van der Waals surface area contributed by atoms with Crippen LogP contribution in [0.1, 0.15) is 51.5 Å². The molecular formula is C16H26N4O. The van der Waals surface area contributed by atoms with Gasteiger partial charge < -0.3 is 15.3 Å². The molecule has 5 heteroatoms. The van der Waals surface area contributed by atoms with E-state index in [0.29, 0.717) is 12.1 Å². The van der Waals surface area contributed by atoms with Crippen LogP contribution in [0.3, 0.4) is 0 Å². The van der Waals surface area contributed by atoms with Gasteiger partial charge in [0.25, 0.3) is 0 Å². The molecule has 0 aromatic carbocycles. The molecule has 2 N–H and O–H groups in total. The van der Waals surface area contributed by atoms with Crippen molar-refractivity contribution >= 4 is 11.6 Å². The second-order valence-corrected chi connectivity index (χ2v) is 6.22. The number of hydrogen-bond acceptors (Lipinski definition) is 5. The van der Waals surface area contributed by atoms with Gasteiger partial charge >= 0.3 is 0 Å². The molecule has 2 unspecified atom stereocenters. The topological polar surface area (TPSA) is 61.3 Å². The van der Waals surface area contributed by atoms with Crippen molar-refractivity contribution in [3.63, 3.8) is 0 Å². The molecule has 3 rings (SSSR count). The molecule has 3 heterocycles. The minimum atomic E-state index is -0.136. The van der Waals surface area contributed by atoms with Crippen LogP contribution in [0, 0.1) is 0 Å². The average Bonchev–Trinajstić information content (AvgIpc) is 2.73. The van der Waals surface area contributed by atoms with E-state index in [-0.39, 0.29) is 6.10 Å². The summed E-state index contributed by atoms with van der Waals surface area (Å²) in [6.45, 7) is 5.16. The summed E-state index contributed by atoms with van der Waals surface area (Å²) in [6.07, 6.45) is 7.73. The molecule has 116 valence electrons. The Labute approximate surface area is 126 Å². The van der Waals surface area contributed by atoms with E-state index in [1.165, 1.54) is 18.4 Å². The van der Waals surface area contributed by atoms with Gasteiger partial charge in [0.05, 0.1) is 6.10 Å². The highest BCUT2D eigenvalue weighted by atomic mass is 16.3. The summed E-state index contributed by atoms with van der Waals surface area (Å²) in [5, 5.41) is 13.4. The molecule has 5 nitrogen and oxygen atoms in total. The molecule has 0 radical (unpaired) electrons. The fourth-order valence-electron chi connectivity index (χ4n) is 3.92. The quantitative estimate of drug-likeness (QED) is 0.871. The summed E-state index contributed by atoms with van der Waals surface area (Å²) in [7, 11) is 0. The van der Waals surface area contributed by atoms with Crippen molar-refractivity contribution in [2.75, 3.05) is 16.8 Å². The smallest absolute Gasteiger partial charge is 0.137 e. The average molecular weight is 290 g/mol. The highest BCUT2D eigenvalue weighted by molar-refractivity contribution is 5.60. The molecule has 0 aliphatic carbocycles. The Bertz CT molecular complexity index is 479. The predicted octanol–water partition coefficient (Wildman–Crippen LogP) is 2.35. The normalized spacial score (nSPS) is 28.0. The van der Waals surface area contributed by atoms with E-state index < -0.39 is 0 Å². The zero-order valence-corrected chi connectivity index (χ0v) is 13.0. The monoisotopic (exact) mass is 290 g/mol. The van der Waals surface area contributed by atoms with Crippen LogP contribution in [0.4, 0.5) is 11.6 Å². The lowest BCUT2D eigenvalue weighted by molar-refractivity contribution is 0.126. The molecule has 21 heavy (non-hydrogen) atoms. The third-order valence-electron chi connectivity index (χ3n) is 4.72. The molecule has 2 aliphatic rings. The van der Waals surface area contributed by atoms with Gasteiger partial charge in [0, 0.05) is 24.2 Å². The van der Waals surface area contributed by atoms with Gasteiger partial charge in [-0.2, -0.15) is 0 Å². The van der Waals surface area contributed by atoms with E-state index in [1.54, 1.807) is 6.33 Å². The number of hydrogen-bond donors (Lipinski definition) is 2. The predicted molar refractivity (Wildman–Crippen MR) is 84.7 cm³/mol. The van der Waals surface area contributed by atoms with E-state index in [9.17, 15) is 5.11 Å². The van der Waals surface area contributed by atoms with Crippen LogP contribution in [0.2, 0.25) is 0 Å². The van der Waals surface area contributed by atoms with Crippen molar-refractivity contribution in [3.05, 3.63) is 11.9 Å². The number of aliphatic hydroxyl groups is 1. The fourth-order valence-corrected chi connectivity index (χ4v) is 3.92. The number of aliphatic hydroxyl groups excluding tert-OH is 1. The van der Waals surface area contributed by atoms with E-state index >= 15 is 0 Å². The summed E-state index contributed by atoms with van der Waals surface area (Å²) in [6, 6.07) is 0.887. The van der Waals surface area contributed by atoms with Gasteiger partial charge in [0.15, 0.2) is 0 Å². The number of anilines is 2. The van der Waals surface area contributed by atoms with Gasteiger partial charge in [0.2, 0.25) is 0 Å². The number of aromatic nitrogens is 2. The molecule has 2 saturated heterocycles. The largest absolute Gasteiger partial charge is 0.393 e. The van der Waals surface area contributed by atoms with Gasteiger partial charge in [-0.25, -0.2) is 9.97 Å². The summed E-state index contributed by atoms with van der Waals surface area (Å²) in [4.78, 5) is 11.5. The summed E-state index contributed by atoms with van der Waals surface area (Å²) >= 11 is 0. The van der Waals surface area contributed by atoms with Crippen molar-refractivity contribution in [1.29, 1.82) is 0 Å². The molecule has 2 atom stereocenters. The van der Waals surface area contributed by atoms with E-state index in [0.717, 1.165) is 43.9 Å². The number of nitrogens with zero attached hydrogens (tertiary/aromatic N) is 3. The van der Waals surface area contributed by atoms with Crippen molar-refractivity contribution in [2.45, 2.75) is 70.6 Å². The summed E-state index contributed by atoms with van der Waals surface area (Å²) in [5.41, 5.74) is 1.25. The van der Waals surface area contributed by atoms with Crippen LogP contribution in [0.15, 0.2) is 6.33 Å². The van der Waals surface area contributed by atoms with Crippen LogP contribution in [0.25, 0.3) is 0 Å². The Hall–Kier alpha value is -1.36. The molecule has 2 bridgehead atoms. The molecule has 1 aromatic rings. The molecule has 2 fully saturated rings. The SMILES string of the molecule is CCCc1c(NCC)ncnc1N1C2CCC1CC(O)C2. The Balaban J connectivity index is 1.96. The third-order valence-corrected chi connectivity index (χ3v) is 4.72. The first-order chi connectivity index (χ1) is 10.2. The van der Waals surface area contributed by atoms with Crippen LogP contribution < -0.4 is 10.2 Å². The summed E-state index contributed by atoms with van der Waals surface area (Å²) < 4.78 is 0. The first-order valence-corrected chi connectivity index (χ1v) is 8.28. The lowest BCUT2D eigenvalue weighted by atomic mass is 9.98. The van der Waals surface area contributed by atoms with Crippen LogP contribution >= 0.6 is 0 Å². The van der Waals surface area contributed by atoms with E-state index in [2.05, 4.69) is 34.0 Å². The van der Waals surface area contributed by atoms with E-state index in [4.69, 9.17) is 0 Å². The lowest BCUT2D eigenvalue weighted by Gasteiger charge is -2.39. The minimum absolute atomic E-state index is 0.136. The fraction of sp³-hybridized carbons (Fsp3) is 0.750. The second kappa shape index (κ2) is 6.18. The molecular weight excluding hydrogens is 264 g/mol. The third kappa shape index (κ3) is 2.71. The van der Waals surface area contributed by atoms with Gasteiger partial charge in [-0.1, -0.05) is 13.3 Å². The first-order valence-electron chi connectivity index (χ1n) is 8.28. The van der Waals surface area contributed by atoms with Crippen molar-refractivity contribution in [2.24, 2.45) is 0 Å². The Morgan fingerprint density at radius 2 is 1.95 bits per heavy atom. The molecule has 1 aromatic heterocycles. The zero-order chi connectivity index (χ0) is 14.8. The molecule has 0 saturated carbocycles. The highest BCUT2D eigenvalue weighted by Gasteiger charge is 2.41. The standard InChI is InChI=1S/C16H26N4O/c1-3-5-14-15(17-4-2)18-10-19-16(14)20-11-6-7-12(20)9-13(21)8-11/h10-13,21H,3-9H2,1-2H3,(H,17,18,19). The van der Waals surface area contributed by atoms with Crippen molar-refractivity contribution in [1.82, 2.24) is 9.97 Å². The van der Waals surface area contributed by atoms with Gasteiger partial charge in [-0.3, -0.25) is 0 Å². The van der Waals surface area contributed by atoms with Crippen LogP contribution in [-0.2, 0) is 6.42 Å². The Kier molecular flexibility index (Phi) is 4.29. The van der Waals surface area contributed by atoms with E-state index in [1.807, 2.05) is 0 Å². The molecule has 2 aliphatic heterocycles. The zero-order valence-electron chi connectivity index (χ0n) is 13.0. The number of piperidine rings is 1. The first kappa shape index (κ1) is 14.6. The molecule has 0 spiro atoms.